The Kier molecular flexibility index (Phi) is 24.6. The van der Waals surface area contributed by atoms with Crippen LogP contribution in [0.3, 0.4) is 0 Å². The zero-order valence-electron chi connectivity index (χ0n) is 12.6. The third-order valence-corrected chi connectivity index (χ3v) is 1.17. The van der Waals surface area contributed by atoms with E-state index in [1.165, 1.54) is 6.34 Å². The summed E-state index contributed by atoms with van der Waals surface area (Å²) in [5, 5.41) is 0. The van der Waals surface area contributed by atoms with E-state index in [0.29, 0.717) is 0 Å². The molecule has 0 unspecified atom stereocenters. The number of hydrogen-bond donors (Lipinski definition) is 0. The van der Waals surface area contributed by atoms with Gasteiger partial charge in [-0.3, -0.25) is 9.98 Å². The molecule has 0 saturated carbocycles. The molecular weight excluding hydrogens is 222 g/mol. The van der Waals surface area contributed by atoms with Crippen molar-refractivity contribution in [3.8, 4) is 0 Å². The van der Waals surface area contributed by atoms with Gasteiger partial charge in [-0.1, -0.05) is 40.3 Å². The van der Waals surface area contributed by atoms with Crippen molar-refractivity contribution in [3.63, 3.8) is 0 Å². The van der Waals surface area contributed by atoms with Gasteiger partial charge in [-0.15, -0.1) is 0 Å². The van der Waals surface area contributed by atoms with Crippen LogP contribution in [0.5, 0.6) is 0 Å². The third-order valence-electron chi connectivity index (χ3n) is 1.17. The lowest BCUT2D eigenvalue weighted by atomic mass is 10.4. The van der Waals surface area contributed by atoms with E-state index < -0.39 is 0 Å². The fraction of sp³-hybridized carbons (Fsp3) is 0.400. The molecule has 1 heterocycles. The largest absolute Gasteiger partial charge is 0.262 e. The van der Waals surface area contributed by atoms with Gasteiger partial charge in [-0.2, -0.15) is 0 Å². The summed E-state index contributed by atoms with van der Waals surface area (Å²) >= 11 is 0. The minimum atomic E-state index is 0.743. The van der Waals surface area contributed by atoms with Gasteiger partial charge in [0.15, 0.2) is 0 Å². The minimum absolute atomic E-state index is 0.743. The van der Waals surface area contributed by atoms with Gasteiger partial charge in [0.2, 0.25) is 0 Å². The SMILES string of the molecule is C=NC=NC(=C)C.CC.CC.Cc1ccccn1. The van der Waals surface area contributed by atoms with Crippen LogP contribution in [0.4, 0.5) is 0 Å². The maximum atomic E-state index is 3.98. The van der Waals surface area contributed by atoms with Crippen molar-refractivity contribution in [2.75, 3.05) is 0 Å². The summed E-state index contributed by atoms with van der Waals surface area (Å²) in [5.41, 5.74) is 1.81. The predicted molar refractivity (Wildman–Crippen MR) is 84.5 cm³/mol. The van der Waals surface area contributed by atoms with Crippen LogP contribution in [0, 0.1) is 6.92 Å². The molecule has 0 saturated heterocycles. The van der Waals surface area contributed by atoms with E-state index in [4.69, 9.17) is 0 Å². The van der Waals surface area contributed by atoms with E-state index in [2.05, 4.69) is 28.3 Å². The molecule has 1 aromatic rings. The van der Waals surface area contributed by atoms with Gasteiger partial charge >= 0.3 is 0 Å². The Morgan fingerprint density at radius 2 is 1.78 bits per heavy atom. The highest BCUT2D eigenvalue weighted by molar-refractivity contribution is 5.62. The van der Waals surface area contributed by atoms with E-state index in [1.807, 2.05) is 52.8 Å². The minimum Gasteiger partial charge on any atom is -0.262 e. The maximum absolute atomic E-state index is 3.98. The molecule has 1 aromatic heterocycles. The summed E-state index contributed by atoms with van der Waals surface area (Å²) in [4.78, 5) is 11.0. The molecule has 0 amide bonds. The summed E-state index contributed by atoms with van der Waals surface area (Å²) < 4.78 is 0. The zero-order valence-corrected chi connectivity index (χ0v) is 12.6. The topological polar surface area (TPSA) is 37.6 Å². The van der Waals surface area contributed by atoms with Gasteiger partial charge in [0.05, 0.1) is 0 Å². The number of allylic oxidation sites excluding steroid dienone is 1. The van der Waals surface area contributed by atoms with Gasteiger partial charge in [-0.25, -0.2) is 4.99 Å². The first-order chi connectivity index (χ1) is 8.66. The summed E-state index contributed by atoms with van der Waals surface area (Å²) in [6.45, 7) is 18.5. The number of aliphatic imine (C=N–C) groups is 2. The molecule has 0 radical (unpaired) electrons. The quantitative estimate of drug-likeness (QED) is 0.553. The van der Waals surface area contributed by atoms with E-state index in [1.54, 1.807) is 13.1 Å². The molecule has 0 bridgehead atoms. The van der Waals surface area contributed by atoms with E-state index in [-0.39, 0.29) is 0 Å². The molecule has 0 aromatic carbocycles. The van der Waals surface area contributed by atoms with Crippen LogP contribution in [0.2, 0.25) is 0 Å². The second-order valence-electron chi connectivity index (χ2n) is 2.63. The Morgan fingerprint density at radius 3 is 1.94 bits per heavy atom. The molecule has 0 spiro atoms. The van der Waals surface area contributed by atoms with Crippen molar-refractivity contribution in [2.45, 2.75) is 41.5 Å². The lowest BCUT2D eigenvalue weighted by molar-refractivity contribution is 1.20. The number of aromatic nitrogens is 1. The molecule has 0 atom stereocenters. The highest BCUT2D eigenvalue weighted by Gasteiger charge is 1.73. The van der Waals surface area contributed by atoms with Crippen LogP contribution < -0.4 is 0 Å². The first-order valence-electron chi connectivity index (χ1n) is 6.18. The molecule has 0 N–H and O–H groups in total. The number of aryl methyl sites for hydroxylation is 1. The molecule has 0 fully saturated rings. The fourth-order valence-electron chi connectivity index (χ4n) is 0.588. The molecule has 1 rings (SSSR count). The standard InChI is InChI=1S/C6H7N.C5H8N2.2C2H6/c1-6-4-2-3-5-7-6;1-5(2)7-4-6-3;2*1-2/h2-5H,1H3;4H,1,3H2,2H3;2*1-2H3. The van der Waals surface area contributed by atoms with Crippen molar-refractivity contribution < 1.29 is 0 Å². The second kappa shape index (κ2) is 20.6. The first kappa shape index (κ1) is 21.5. The molecule has 3 nitrogen and oxygen atoms in total. The molecule has 18 heavy (non-hydrogen) atoms. The summed E-state index contributed by atoms with van der Waals surface area (Å²) in [5.74, 6) is 0. The van der Waals surface area contributed by atoms with Gasteiger partial charge < -0.3 is 0 Å². The number of hydrogen-bond acceptors (Lipinski definition) is 2. The number of rotatable bonds is 2. The molecule has 0 aliphatic heterocycles. The van der Waals surface area contributed by atoms with E-state index in [9.17, 15) is 0 Å². The molecule has 0 aliphatic rings. The lowest BCUT2D eigenvalue weighted by Crippen LogP contribution is -1.72. The average molecular weight is 249 g/mol. The van der Waals surface area contributed by atoms with Crippen LogP contribution >= 0.6 is 0 Å². The fourth-order valence-corrected chi connectivity index (χ4v) is 0.588. The molecule has 102 valence electrons. The number of pyridine rings is 1. The normalized spacial score (nSPS) is 7.67. The molecular formula is C15H27N3. The highest BCUT2D eigenvalue weighted by atomic mass is 14.8. The van der Waals surface area contributed by atoms with Crippen LogP contribution in [0.25, 0.3) is 0 Å². The van der Waals surface area contributed by atoms with Crippen LogP contribution in [0.1, 0.15) is 40.3 Å². The zero-order chi connectivity index (χ0) is 14.8. The van der Waals surface area contributed by atoms with Crippen molar-refractivity contribution in [3.05, 3.63) is 42.4 Å². The third kappa shape index (κ3) is 23.8. The van der Waals surface area contributed by atoms with Gasteiger partial charge in [0, 0.05) is 17.6 Å². The Bertz CT molecular complexity index is 303. The smallest absolute Gasteiger partial charge is 0.114 e. The first-order valence-corrected chi connectivity index (χ1v) is 6.18. The summed E-state index contributed by atoms with van der Waals surface area (Å²) in [6.07, 6.45) is 3.15. The van der Waals surface area contributed by atoms with Gasteiger partial charge in [-0.05, 0) is 32.7 Å². The molecule has 3 heteroatoms. The van der Waals surface area contributed by atoms with Crippen LogP contribution in [-0.4, -0.2) is 18.0 Å². The predicted octanol–water partition coefficient (Wildman–Crippen LogP) is 4.69. The van der Waals surface area contributed by atoms with Crippen molar-refractivity contribution >= 4 is 13.1 Å². The van der Waals surface area contributed by atoms with Crippen LogP contribution in [0.15, 0.2) is 46.7 Å². The Balaban J connectivity index is -0.000000196. The van der Waals surface area contributed by atoms with Crippen molar-refractivity contribution in [1.82, 2.24) is 4.98 Å². The molecule has 0 aliphatic carbocycles. The van der Waals surface area contributed by atoms with Gasteiger partial charge in [0.25, 0.3) is 0 Å². The lowest BCUT2D eigenvalue weighted by Gasteiger charge is -1.82. The van der Waals surface area contributed by atoms with E-state index >= 15 is 0 Å². The maximum Gasteiger partial charge on any atom is 0.114 e. The highest BCUT2D eigenvalue weighted by Crippen LogP contribution is 1.86. The Hall–Kier alpha value is -1.77. The van der Waals surface area contributed by atoms with E-state index in [0.717, 1.165) is 11.4 Å². The van der Waals surface area contributed by atoms with Crippen molar-refractivity contribution in [1.29, 1.82) is 0 Å². The summed E-state index contributed by atoms with van der Waals surface area (Å²) in [6, 6.07) is 5.86. The second-order valence-corrected chi connectivity index (χ2v) is 2.63. The van der Waals surface area contributed by atoms with Crippen molar-refractivity contribution in [2.24, 2.45) is 9.98 Å². The summed E-state index contributed by atoms with van der Waals surface area (Å²) in [7, 11) is 0. The van der Waals surface area contributed by atoms with Crippen LogP contribution in [-0.2, 0) is 0 Å². The monoisotopic (exact) mass is 249 g/mol. The van der Waals surface area contributed by atoms with Gasteiger partial charge in [0.1, 0.15) is 6.34 Å². The Morgan fingerprint density at radius 1 is 1.22 bits per heavy atom. The average Bonchev–Trinajstić information content (AvgIpc) is 2.42. The Labute approximate surface area is 112 Å². The number of nitrogens with zero attached hydrogens (tertiary/aromatic N) is 3.